The van der Waals surface area contributed by atoms with Crippen LogP contribution in [0.4, 0.5) is 0 Å². The zero-order valence-electron chi connectivity index (χ0n) is 10.3. The van der Waals surface area contributed by atoms with Gasteiger partial charge in [-0.15, -0.1) is 0 Å². The maximum atomic E-state index is 5.55. The van der Waals surface area contributed by atoms with Gasteiger partial charge in [0, 0.05) is 13.1 Å². The van der Waals surface area contributed by atoms with Gasteiger partial charge in [-0.3, -0.25) is 4.99 Å². The number of hydrogen-bond donors (Lipinski definition) is 1. The van der Waals surface area contributed by atoms with Crippen molar-refractivity contribution in [3.63, 3.8) is 0 Å². The van der Waals surface area contributed by atoms with Gasteiger partial charge < -0.3 is 10.6 Å². The van der Waals surface area contributed by atoms with Gasteiger partial charge in [0.25, 0.3) is 0 Å². The van der Waals surface area contributed by atoms with E-state index < -0.39 is 0 Å². The fourth-order valence-corrected chi connectivity index (χ4v) is 2.46. The Bertz CT molecular complexity index is 284. The van der Waals surface area contributed by atoms with Crippen molar-refractivity contribution in [2.24, 2.45) is 16.6 Å². The molecule has 2 rings (SSSR count). The Labute approximate surface area is 98.4 Å². The molecule has 2 N–H and O–H groups in total. The molecular formula is C13H23N3. The second-order valence-corrected chi connectivity index (χ2v) is 4.91. The standard InChI is InChI=1S/C13H23N3/c1-11(12-5-4-6-12)9-13(15-10-14)16-7-2-3-8-16/h9,12H,2-8,10,14H2,1H3/b11-9+,15-13?. The summed E-state index contributed by atoms with van der Waals surface area (Å²) < 4.78 is 0. The summed E-state index contributed by atoms with van der Waals surface area (Å²) in [4.78, 5) is 6.80. The van der Waals surface area contributed by atoms with Crippen LogP contribution in [0, 0.1) is 5.92 Å². The molecule has 0 bridgehead atoms. The molecule has 1 saturated heterocycles. The summed E-state index contributed by atoms with van der Waals surface area (Å²) in [5.74, 6) is 1.93. The molecule has 0 aromatic rings. The van der Waals surface area contributed by atoms with Crippen molar-refractivity contribution in [2.75, 3.05) is 19.8 Å². The normalized spacial score (nSPS) is 23.8. The molecule has 16 heavy (non-hydrogen) atoms. The quantitative estimate of drug-likeness (QED) is 0.586. The Hall–Kier alpha value is -0.830. The first kappa shape index (κ1) is 11.6. The van der Waals surface area contributed by atoms with Crippen LogP contribution in [0.2, 0.25) is 0 Å². The number of amidine groups is 1. The average molecular weight is 221 g/mol. The number of allylic oxidation sites excluding steroid dienone is 1. The minimum absolute atomic E-state index is 0.403. The lowest BCUT2D eigenvalue weighted by Crippen LogP contribution is -2.28. The van der Waals surface area contributed by atoms with Crippen molar-refractivity contribution in [1.82, 2.24) is 4.90 Å². The van der Waals surface area contributed by atoms with E-state index in [-0.39, 0.29) is 0 Å². The van der Waals surface area contributed by atoms with Crippen molar-refractivity contribution in [3.05, 3.63) is 11.6 Å². The van der Waals surface area contributed by atoms with Crippen LogP contribution in [0.1, 0.15) is 39.0 Å². The van der Waals surface area contributed by atoms with Gasteiger partial charge in [0.2, 0.25) is 0 Å². The van der Waals surface area contributed by atoms with E-state index in [4.69, 9.17) is 5.73 Å². The zero-order valence-corrected chi connectivity index (χ0v) is 10.3. The minimum atomic E-state index is 0.403. The van der Waals surface area contributed by atoms with Crippen molar-refractivity contribution in [1.29, 1.82) is 0 Å². The summed E-state index contributed by atoms with van der Waals surface area (Å²) in [5.41, 5.74) is 7.04. The van der Waals surface area contributed by atoms with Crippen LogP contribution in [0.3, 0.4) is 0 Å². The maximum Gasteiger partial charge on any atom is 0.124 e. The number of hydrogen-bond acceptors (Lipinski definition) is 2. The van der Waals surface area contributed by atoms with E-state index in [1.807, 2.05) is 0 Å². The molecule has 1 aliphatic carbocycles. The fourth-order valence-electron chi connectivity index (χ4n) is 2.46. The van der Waals surface area contributed by atoms with Gasteiger partial charge >= 0.3 is 0 Å². The van der Waals surface area contributed by atoms with Crippen molar-refractivity contribution >= 4 is 5.84 Å². The van der Waals surface area contributed by atoms with E-state index in [1.165, 1.54) is 37.7 Å². The maximum absolute atomic E-state index is 5.55. The predicted molar refractivity (Wildman–Crippen MR) is 68.4 cm³/mol. The molecule has 3 heteroatoms. The number of nitrogens with zero attached hydrogens (tertiary/aromatic N) is 2. The van der Waals surface area contributed by atoms with Gasteiger partial charge in [0.1, 0.15) is 5.84 Å². The Morgan fingerprint density at radius 3 is 2.50 bits per heavy atom. The van der Waals surface area contributed by atoms with E-state index in [2.05, 4.69) is 22.9 Å². The number of aliphatic imine (C=N–C) groups is 1. The van der Waals surface area contributed by atoms with Crippen LogP contribution in [-0.2, 0) is 0 Å². The molecule has 0 aromatic carbocycles. The monoisotopic (exact) mass is 221 g/mol. The summed E-state index contributed by atoms with van der Waals surface area (Å²) in [6.45, 7) is 4.94. The lowest BCUT2D eigenvalue weighted by Gasteiger charge is -2.27. The molecule has 2 fully saturated rings. The van der Waals surface area contributed by atoms with Crippen molar-refractivity contribution in [2.45, 2.75) is 39.0 Å². The molecule has 0 radical (unpaired) electrons. The predicted octanol–water partition coefficient (Wildman–Crippen LogP) is 2.14. The van der Waals surface area contributed by atoms with E-state index in [0.29, 0.717) is 6.67 Å². The van der Waals surface area contributed by atoms with Gasteiger partial charge in [-0.05, 0) is 44.6 Å². The van der Waals surface area contributed by atoms with Gasteiger partial charge in [-0.25, -0.2) is 0 Å². The average Bonchev–Trinajstić information content (AvgIpc) is 2.66. The highest BCUT2D eigenvalue weighted by molar-refractivity contribution is 5.93. The van der Waals surface area contributed by atoms with Crippen LogP contribution in [0.25, 0.3) is 0 Å². The van der Waals surface area contributed by atoms with E-state index >= 15 is 0 Å². The second-order valence-electron chi connectivity index (χ2n) is 4.91. The highest BCUT2D eigenvalue weighted by Crippen LogP contribution is 2.32. The fraction of sp³-hybridized carbons (Fsp3) is 0.769. The Morgan fingerprint density at radius 1 is 1.31 bits per heavy atom. The number of likely N-dealkylation sites (tertiary alicyclic amines) is 1. The SMILES string of the molecule is C/C(=C\C(=NCN)N1CCCC1)C1CCC1. The molecule has 0 aromatic heterocycles. The van der Waals surface area contributed by atoms with Crippen molar-refractivity contribution in [3.8, 4) is 0 Å². The topological polar surface area (TPSA) is 41.6 Å². The molecule has 0 unspecified atom stereocenters. The highest BCUT2D eigenvalue weighted by atomic mass is 15.2. The molecule has 2 aliphatic rings. The first-order valence-corrected chi connectivity index (χ1v) is 6.49. The minimum Gasteiger partial charge on any atom is -0.357 e. The van der Waals surface area contributed by atoms with Crippen LogP contribution in [0.15, 0.2) is 16.6 Å². The molecule has 3 nitrogen and oxygen atoms in total. The molecule has 0 amide bonds. The van der Waals surface area contributed by atoms with Crippen molar-refractivity contribution < 1.29 is 0 Å². The Morgan fingerprint density at radius 2 is 2.00 bits per heavy atom. The smallest absolute Gasteiger partial charge is 0.124 e. The van der Waals surface area contributed by atoms with Crippen LogP contribution in [0.5, 0.6) is 0 Å². The molecule has 90 valence electrons. The summed E-state index contributed by atoms with van der Waals surface area (Å²) in [6.07, 6.45) is 8.96. The first-order valence-electron chi connectivity index (χ1n) is 6.49. The molecule has 1 aliphatic heterocycles. The Kier molecular flexibility index (Phi) is 3.99. The van der Waals surface area contributed by atoms with Crippen LogP contribution < -0.4 is 5.73 Å². The van der Waals surface area contributed by atoms with Crippen LogP contribution >= 0.6 is 0 Å². The highest BCUT2D eigenvalue weighted by Gasteiger charge is 2.21. The summed E-state index contributed by atoms with van der Waals surface area (Å²) in [5, 5.41) is 0. The molecule has 0 spiro atoms. The van der Waals surface area contributed by atoms with E-state index in [1.54, 1.807) is 0 Å². The van der Waals surface area contributed by atoms with Gasteiger partial charge in [-0.2, -0.15) is 0 Å². The molecule has 1 saturated carbocycles. The van der Waals surface area contributed by atoms with E-state index in [9.17, 15) is 0 Å². The summed E-state index contributed by atoms with van der Waals surface area (Å²) in [6, 6.07) is 0. The van der Waals surface area contributed by atoms with E-state index in [0.717, 1.165) is 24.8 Å². The third-order valence-corrected chi connectivity index (χ3v) is 3.79. The number of rotatable bonds is 3. The van der Waals surface area contributed by atoms with Gasteiger partial charge in [0.05, 0.1) is 6.67 Å². The summed E-state index contributed by atoms with van der Waals surface area (Å²) >= 11 is 0. The molecule has 1 heterocycles. The lowest BCUT2D eigenvalue weighted by molar-refractivity contribution is 0.368. The largest absolute Gasteiger partial charge is 0.357 e. The first-order chi connectivity index (χ1) is 7.81. The molecular weight excluding hydrogens is 198 g/mol. The third kappa shape index (κ3) is 2.64. The number of nitrogens with two attached hydrogens (primary N) is 1. The second kappa shape index (κ2) is 5.48. The van der Waals surface area contributed by atoms with Gasteiger partial charge in [0.15, 0.2) is 0 Å². The lowest BCUT2D eigenvalue weighted by atomic mass is 9.80. The summed E-state index contributed by atoms with van der Waals surface area (Å²) in [7, 11) is 0. The third-order valence-electron chi connectivity index (χ3n) is 3.79. The van der Waals surface area contributed by atoms with Crippen LogP contribution in [-0.4, -0.2) is 30.5 Å². The zero-order chi connectivity index (χ0) is 11.4. The molecule has 0 atom stereocenters. The van der Waals surface area contributed by atoms with Gasteiger partial charge in [-0.1, -0.05) is 12.0 Å². The Balaban J connectivity index is 2.03.